The molecule has 1 N–H and O–H groups in total. The van der Waals surface area contributed by atoms with E-state index in [-0.39, 0.29) is 23.1 Å². The minimum Gasteiger partial charge on any atom is -0.507 e. The number of nitrogens with zero attached hydrogens (tertiary/aromatic N) is 4. The molecular formula is C17H21FN4O2. The molecule has 1 aliphatic heterocycles. The number of aryl methyl sites for hydroxylation is 2. The molecule has 7 heteroatoms. The summed E-state index contributed by atoms with van der Waals surface area (Å²) in [7, 11) is 0. The first-order chi connectivity index (χ1) is 11.4. The standard InChI is InChI=1S/C17H21FN4O2/c1-11-19-12(2)22(20-11)10-13-4-3-7-21(9-13)17(24)15-6-5-14(18)8-16(15)23/h5-6,8,13,23H,3-4,7,9-10H2,1-2H3. The molecular weight excluding hydrogens is 311 g/mol. The summed E-state index contributed by atoms with van der Waals surface area (Å²) in [4.78, 5) is 18.6. The highest BCUT2D eigenvalue weighted by molar-refractivity contribution is 5.96. The monoisotopic (exact) mass is 332 g/mol. The number of phenols is 1. The molecule has 0 saturated carbocycles. The van der Waals surface area contributed by atoms with Crippen LogP contribution in [0, 0.1) is 25.6 Å². The van der Waals surface area contributed by atoms with Crippen LogP contribution in [0.5, 0.6) is 5.75 Å². The number of benzene rings is 1. The molecule has 24 heavy (non-hydrogen) atoms. The van der Waals surface area contributed by atoms with Gasteiger partial charge in [-0.05, 0) is 44.7 Å². The fourth-order valence-electron chi connectivity index (χ4n) is 3.23. The van der Waals surface area contributed by atoms with Crippen LogP contribution in [0.4, 0.5) is 4.39 Å². The summed E-state index contributed by atoms with van der Waals surface area (Å²) < 4.78 is 15.0. The number of hydrogen-bond donors (Lipinski definition) is 1. The Kier molecular flexibility index (Phi) is 4.51. The molecule has 1 aromatic heterocycles. The molecule has 1 aliphatic rings. The number of carbonyl (C=O) groups excluding carboxylic acids is 1. The van der Waals surface area contributed by atoms with Gasteiger partial charge in [-0.15, -0.1) is 0 Å². The minimum atomic E-state index is -0.558. The molecule has 1 fully saturated rings. The van der Waals surface area contributed by atoms with Gasteiger partial charge in [0.15, 0.2) is 0 Å². The van der Waals surface area contributed by atoms with E-state index >= 15 is 0 Å². The van der Waals surface area contributed by atoms with Crippen molar-refractivity contribution in [3.05, 3.63) is 41.2 Å². The number of aromatic hydroxyl groups is 1. The fourth-order valence-corrected chi connectivity index (χ4v) is 3.23. The summed E-state index contributed by atoms with van der Waals surface area (Å²) in [6.07, 6.45) is 1.91. The third kappa shape index (κ3) is 3.39. The van der Waals surface area contributed by atoms with E-state index in [0.717, 1.165) is 30.6 Å². The number of amides is 1. The van der Waals surface area contributed by atoms with E-state index in [4.69, 9.17) is 0 Å². The summed E-state index contributed by atoms with van der Waals surface area (Å²) >= 11 is 0. The van der Waals surface area contributed by atoms with Crippen molar-refractivity contribution in [2.24, 2.45) is 5.92 Å². The number of halogens is 1. The van der Waals surface area contributed by atoms with Crippen molar-refractivity contribution in [1.82, 2.24) is 19.7 Å². The van der Waals surface area contributed by atoms with Gasteiger partial charge in [0, 0.05) is 25.7 Å². The quantitative estimate of drug-likeness (QED) is 0.936. The molecule has 0 bridgehead atoms. The van der Waals surface area contributed by atoms with Gasteiger partial charge in [0.2, 0.25) is 0 Å². The lowest BCUT2D eigenvalue weighted by molar-refractivity contribution is 0.0656. The lowest BCUT2D eigenvalue weighted by Gasteiger charge is -2.33. The van der Waals surface area contributed by atoms with E-state index in [2.05, 4.69) is 10.1 Å². The van der Waals surface area contributed by atoms with Crippen LogP contribution in [0.1, 0.15) is 34.8 Å². The first kappa shape index (κ1) is 16.4. The molecule has 2 heterocycles. The summed E-state index contributed by atoms with van der Waals surface area (Å²) in [5, 5.41) is 14.2. The Morgan fingerprint density at radius 2 is 2.21 bits per heavy atom. The van der Waals surface area contributed by atoms with Crippen LogP contribution in [-0.2, 0) is 6.54 Å². The Morgan fingerprint density at radius 3 is 2.88 bits per heavy atom. The highest BCUT2D eigenvalue weighted by Gasteiger charge is 2.26. The third-order valence-electron chi connectivity index (χ3n) is 4.39. The first-order valence-electron chi connectivity index (χ1n) is 8.10. The summed E-state index contributed by atoms with van der Waals surface area (Å²) in [5.41, 5.74) is 0.143. The average Bonchev–Trinajstić information content (AvgIpc) is 2.84. The Labute approximate surface area is 139 Å². The Balaban J connectivity index is 1.71. The van der Waals surface area contributed by atoms with Gasteiger partial charge in [0.05, 0.1) is 5.56 Å². The topological polar surface area (TPSA) is 71.2 Å². The average molecular weight is 332 g/mol. The fraction of sp³-hybridized carbons (Fsp3) is 0.471. The van der Waals surface area contributed by atoms with Crippen molar-refractivity contribution in [2.45, 2.75) is 33.2 Å². The van der Waals surface area contributed by atoms with Gasteiger partial charge in [-0.2, -0.15) is 5.10 Å². The van der Waals surface area contributed by atoms with E-state index in [1.165, 1.54) is 12.1 Å². The van der Waals surface area contributed by atoms with Crippen molar-refractivity contribution < 1.29 is 14.3 Å². The second-order valence-electron chi connectivity index (χ2n) is 6.31. The Bertz CT molecular complexity index is 759. The van der Waals surface area contributed by atoms with E-state index in [1.54, 1.807) is 4.90 Å². The predicted molar refractivity (Wildman–Crippen MR) is 86.2 cm³/mol. The number of likely N-dealkylation sites (tertiary alicyclic amines) is 1. The molecule has 1 unspecified atom stereocenters. The van der Waals surface area contributed by atoms with Crippen LogP contribution in [-0.4, -0.2) is 43.8 Å². The van der Waals surface area contributed by atoms with Gasteiger partial charge in [0.25, 0.3) is 5.91 Å². The highest BCUT2D eigenvalue weighted by atomic mass is 19.1. The van der Waals surface area contributed by atoms with Crippen LogP contribution >= 0.6 is 0 Å². The molecule has 2 aromatic rings. The zero-order valence-corrected chi connectivity index (χ0v) is 13.9. The highest BCUT2D eigenvalue weighted by Crippen LogP contribution is 2.24. The summed E-state index contributed by atoms with van der Waals surface area (Å²) in [5.74, 6) is 0.760. The number of hydrogen-bond acceptors (Lipinski definition) is 4. The smallest absolute Gasteiger partial charge is 0.257 e. The van der Waals surface area contributed by atoms with Crippen LogP contribution in [0.3, 0.4) is 0 Å². The molecule has 1 atom stereocenters. The maximum Gasteiger partial charge on any atom is 0.257 e. The molecule has 0 spiro atoms. The number of carbonyl (C=O) groups is 1. The molecule has 128 valence electrons. The molecule has 1 aromatic carbocycles. The van der Waals surface area contributed by atoms with E-state index in [9.17, 15) is 14.3 Å². The maximum absolute atomic E-state index is 13.1. The van der Waals surface area contributed by atoms with Gasteiger partial charge < -0.3 is 10.0 Å². The van der Waals surface area contributed by atoms with Crippen LogP contribution in [0.25, 0.3) is 0 Å². The van der Waals surface area contributed by atoms with E-state index in [0.29, 0.717) is 19.6 Å². The second-order valence-corrected chi connectivity index (χ2v) is 6.31. The summed E-state index contributed by atoms with van der Waals surface area (Å²) in [6, 6.07) is 3.49. The van der Waals surface area contributed by atoms with Crippen molar-refractivity contribution in [3.8, 4) is 5.75 Å². The minimum absolute atomic E-state index is 0.143. The second kappa shape index (κ2) is 6.59. The normalized spacial score (nSPS) is 18.0. The number of aromatic nitrogens is 3. The first-order valence-corrected chi connectivity index (χ1v) is 8.10. The van der Waals surface area contributed by atoms with Gasteiger partial charge in [0.1, 0.15) is 23.2 Å². The third-order valence-corrected chi connectivity index (χ3v) is 4.39. The van der Waals surface area contributed by atoms with Crippen molar-refractivity contribution in [1.29, 1.82) is 0 Å². The van der Waals surface area contributed by atoms with Crippen molar-refractivity contribution in [3.63, 3.8) is 0 Å². The Hall–Kier alpha value is -2.44. The number of rotatable bonds is 3. The van der Waals surface area contributed by atoms with Gasteiger partial charge in [-0.1, -0.05) is 0 Å². The number of piperidine rings is 1. The molecule has 0 aliphatic carbocycles. The van der Waals surface area contributed by atoms with Crippen molar-refractivity contribution >= 4 is 5.91 Å². The molecule has 0 radical (unpaired) electrons. The maximum atomic E-state index is 13.1. The van der Waals surface area contributed by atoms with Crippen LogP contribution < -0.4 is 0 Å². The zero-order valence-electron chi connectivity index (χ0n) is 13.9. The van der Waals surface area contributed by atoms with Gasteiger partial charge >= 0.3 is 0 Å². The molecule has 1 saturated heterocycles. The predicted octanol–water partition coefficient (Wildman–Crippen LogP) is 2.29. The van der Waals surface area contributed by atoms with Gasteiger partial charge in [-0.3, -0.25) is 4.79 Å². The molecule has 1 amide bonds. The van der Waals surface area contributed by atoms with Crippen LogP contribution in [0.15, 0.2) is 18.2 Å². The van der Waals surface area contributed by atoms with E-state index in [1.807, 2.05) is 18.5 Å². The largest absolute Gasteiger partial charge is 0.507 e. The number of phenolic OH excluding ortho intramolecular Hbond substituents is 1. The SMILES string of the molecule is Cc1nc(C)n(CC2CCCN(C(=O)c3ccc(F)cc3O)C2)n1. The zero-order chi connectivity index (χ0) is 17.3. The lowest BCUT2D eigenvalue weighted by Crippen LogP contribution is -2.41. The Morgan fingerprint density at radius 1 is 1.42 bits per heavy atom. The van der Waals surface area contributed by atoms with E-state index < -0.39 is 5.82 Å². The molecule has 6 nitrogen and oxygen atoms in total. The van der Waals surface area contributed by atoms with Crippen LogP contribution in [0.2, 0.25) is 0 Å². The lowest BCUT2D eigenvalue weighted by atomic mass is 9.97. The van der Waals surface area contributed by atoms with Gasteiger partial charge in [-0.25, -0.2) is 14.1 Å². The summed E-state index contributed by atoms with van der Waals surface area (Å²) in [6.45, 7) is 5.72. The molecule has 3 rings (SSSR count). The van der Waals surface area contributed by atoms with Crippen molar-refractivity contribution in [2.75, 3.05) is 13.1 Å².